The lowest BCUT2D eigenvalue weighted by atomic mass is 9.88. The number of likely N-dealkylation sites (tertiary alicyclic amines) is 1. The summed E-state index contributed by atoms with van der Waals surface area (Å²) in [7, 11) is 0. The molecule has 1 aliphatic heterocycles. The van der Waals surface area contributed by atoms with Crippen molar-refractivity contribution in [2.45, 2.75) is 46.6 Å². The van der Waals surface area contributed by atoms with Crippen LogP contribution in [-0.2, 0) is 13.0 Å². The second kappa shape index (κ2) is 7.71. The monoisotopic (exact) mass is 359 g/mol. The number of H-pyrrole nitrogens is 1. The van der Waals surface area contributed by atoms with Crippen molar-refractivity contribution in [3.05, 3.63) is 51.6 Å². The molecular formula is C20H26ClN3O. The molecule has 2 aromatic rings. The second-order valence-corrected chi connectivity index (χ2v) is 7.44. The first-order valence-corrected chi connectivity index (χ1v) is 9.42. The van der Waals surface area contributed by atoms with Crippen LogP contribution in [0.5, 0.6) is 0 Å². The van der Waals surface area contributed by atoms with Crippen LogP contribution < -0.4 is 0 Å². The maximum Gasteiger partial charge on any atom is 0.167 e. The highest BCUT2D eigenvalue weighted by atomic mass is 35.5. The standard InChI is InChI=1S/C20H26ClN3O/c1-4-19-22-14(3)18(23-19)12-24-9-5-6-15(11-24)20(25)17-8-7-16(21)10-13(17)2/h7-8,10,15H,4-6,9,11-12H2,1-3H3,(H,22,23). The molecule has 1 atom stereocenters. The fourth-order valence-electron chi connectivity index (χ4n) is 3.63. The highest BCUT2D eigenvalue weighted by molar-refractivity contribution is 6.30. The lowest BCUT2D eigenvalue weighted by molar-refractivity contribution is 0.0809. The molecule has 1 saturated heterocycles. The molecule has 0 radical (unpaired) electrons. The minimum absolute atomic E-state index is 0.0542. The van der Waals surface area contributed by atoms with Crippen LogP contribution in [0.1, 0.15) is 52.9 Å². The smallest absolute Gasteiger partial charge is 0.167 e. The molecule has 0 bridgehead atoms. The molecule has 4 nitrogen and oxygen atoms in total. The summed E-state index contributed by atoms with van der Waals surface area (Å²) in [5.74, 6) is 1.33. The molecule has 1 fully saturated rings. The highest BCUT2D eigenvalue weighted by Crippen LogP contribution is 2.25. The van der Waals surface area contributed by atoms with Gasteiger partial charge in [0, 0.05) is 41.7 Å². The number of carbonyl (C=O) groups is 1. The summed E-state index contributed by atoms with van der Waals surface area (Å²) in [5, 5.41) is 0.681. The Morgan fingerprint density at radius 1 is 1.40 bits per heavy atom. The van der Waals surface area contributed by atoms with Crippen LogP contribution in [0.3, 0.4) is 0 Å². The molecule has 1 aliphatic rings. The Bertz CT molecular complexity index is 768. The molecule has 1 aromatic carbocycles. The van der Waals surface area contributed by atoms with Gasteiger partial charge in [0.2, 0.25) is 0 Å². The summed E-state index contributed by atoms with van der Waals surface area (Å²) in [6.45, 7) is 8.77. The van der Waals surface area contributed by atoms with Crippen LogP contribution in [0.2, 0.25) is 5.02 Å². The minimum Gasteiger partial charge on any atom is -0.346 e. The van der Waals surface area contributed by atoms with Gasteiger partial charge in [-0.3, -0.25) is 9.69 Å². The zero-order valence-corrected chi connectivity index (χ0v) is 16.0. The van der Waals surface area contributed by atoms with Crippen molar-refractivity contribution < 1.29 is 4.79 Å². The van der Waals surface area contributed by atoms with E-state index in [2.05, 4.69) is 28.7 Å². The van der Waals surface area contributed by atoms with E-state index < -0.39 is 0 Å². The molecule has 1 aromatic heterocycles. The average Bonchev–Trinajstić information content (AvgIpc) is 2.94. The van der Waals surface area contributed by atoms with Gasteiger partial charge in [0.15, 0.2) is 5.78 Å². The van der Waals surface area contributed by atoms with E-state index >= 15 is 0 Å². The Labute approximate surface area is 154 Å². The number of hydrogen-bond acceptors (Lipinski definition) is 3. The van der Waals surface area contributed by atoms with E-state index in [9.17, 15) is 4.79 Å². The van der Waals surface area contributed by atoms with E-state index in [1.807, 2.05) is 25.1 Å². The number of imidazole rings is 1. The number of benzene rings is 1. The van der Waals surface area contributed by atoms with Gasteiger partial charge in [0.1, 0.15) is 5.82 Å². The zero-order valence-electron chi connectivity index (χ0n) is 15.2. The number of rotatable bonds is 5. The van der Waals surface area contributed by atoms with Crippen molar-refractivity contribution in [1.82, 2.24) is 14.9 Å². The zero-order chi connectivity index (χ0) is 18.0. The number of ketones is 1. The van der Waals surface area contributed by atoms with E-state index in [1.165, 1.54) is 0 Å². The predicted octanol–water partition coefficient (Wildman–Crippen LogP) is 4.34. The number of nitrogens with zero attached hydrogens (tertiary/aromatic N) is 2. The number of aromatic nitrogens is 2. The number of aryl methyl sites for hydroxylation is 3. The van der Waals surface area contributed by atoms with Crippen LogP contribution in [0.15, 0.2) is 18.2 Å². The Kier molecular flexibility index (Phi) is 5.60. The Balaban J connectivity index is 1.70. The fourth-order valence-corrected chi connectivity index (χ4v) is 3.86. The molecule has 2 heterocycles. The molecule has 0 amide bonds. The SMILES string of the molecule is CCc1nc(CN2CCCC(C(=O)c3ccc(Cl)cc3C)C2)c(C)[nH]1. The van der Waals surface area contributed by atoms with Gasteiger partial charge in [0.05, 0.1) is 5.69 Å². The largest absolute Gasteiger partial charge is 0.346 e. The molecule has 1 unspecified atom stereocenters. The molecule has 3 rings (SSSR count). The highest BCUT2D eigenvalue weighted by Gasteiger charge is 2.28. The van der Waals surface area contributed by atoms with E-state index in [4.69, 9.17) is 11.6 Å². The second-order valence-electron chi connectivity index (χ2n) is 7.01. The quantitative estimate of drug-likeness (QED) is 0.808. The Morgan fingerprint density at radius 3 is 2.88 bits per heavy atom. The summed E-state index contributed by atoms with van der Waals surface area (Å²) in [6, 6.07) is 5.54. The summed E-state index contributed by atoms with van der Waals surface area (Å²) in [5.41, 5.74) is 4.01. The van der Waals surface area contributed by atoms with Gasteiger partial charge < -0.3 is 4.98 Å². The number of carbonyl (C=O) groups excluding carboxylic acids is 1. The van der Waals surface area contributed by atoms with Crippen LogP contribution in [-0.4, -0.2) is 33.7 Å². The third-order valence-electron chi connectivity index (χ3n) is 5.07. The third-order valence-corrected chi connectivity index (χ3v) is 5.31. The van der Waals surface area contributed by atoms with Crippen molar-refractivity contribution in [1.29, 1.82) is 0 Å². The molecule has 1 N–H and O–H groups in total. The lowest BCUT2D eigenvalue weighted by Gasteiger charge is -2.31. The molecule has 0 spiro atoms. The van der Waals surface area contributed by atoms with E-state index in [1.54, 1.807) is 0 Å². The maximum absolute atomic E-state index is 13.0. The first kappa shape index (κ1) is 18.2. The van der Waals surface area contributed by atoms with Crippen LogP contribution in [0.4, 0.5) is 0 Å². The van der Waals surface area contributed by atoms with Gasteiger partial charge in [-0.2, -0.15) is 0 Å². The third kappa shape index (κ3) is 4.13. The molecule has 134 valence electrons. The molecule has 0 saturated carbocycles. The van der Waals surface area contributed by atoms with Crippen molar-refractivity contribution in [2.24, 2.45) is 5.92 Å². The number of nitrogens with one attached hydrogen (secondary N) is 1. The Morgan fingerprint density at radius 2 is 2.20 bits per heavy atom. The lowest BCUT2D eigenvalue weighted by Crippen LogP contribution is -2.38. The van der Waals surface area contributed by atoms with Crippen molar-refractivity contribution in [3.63, 3.8) is 0 Å². The van der Waals surface area contributed by atoms with Crippen LogP contribution in [0.25, 0.3) is 0 Å². The van der Waals surface area contributed by atoms with Gasteiger partial charge in [0.25, 0.3) is 0 Å². The molecule has 0 aliphatic carbocycles. The summed E-state index contributed by atoms with van der Waals surface area (Å²) in [4.78, 5) is 23.3. The maximum atomic E-state index is 13.0. The van der Waals surface area contributed by atoms with Gasteiger partial charge in [-0.15, -0.1) is 0 Å². The minimum atomic E-state index is 0.0542. The van der Waals surface area contributed by atoms with Crippen molar-refractivity contribution >= 4 is 17.4 Å². The predicted molar refractivity (Wildman–Crippen MR) is 101 cm³/mol. The normalized spacial score (nSPS) is 18.5. The van der Waals surface area contributed by atoms with Gasteiger partial charge in [-0.25, -0.2) is 4.98 Å². The number of aromatic amines is 1. The molecule has 5 heteroatoms. The van der Waals surface area contributed by atoms with Crippen molar-refractivity contribution in [3.8, 4) is 0 Å². The van der Waals surface area contributed by atoms with Gasteiger partial charge in [-0.1, -0.05) is 18.5 Å². The van der Waals surface area contributed by atoms with Gasteiger partial charge >= 0.3 is 0 Å². The summed E-state index contributed by atoms with van der Waals surface area (Å²) < 4.78 is 0. The van der Waals surface area contributed by atoms with E-state index in [0.717, 1.165) is 67.2 Å². The summed E-state index contributed by atoms with van der Waals surface area (Å²) >= 11 is 6.02. The molecule has 25 heavy (non-hydrogen) atoms. The first-order valence-electron chi connectivity index (χ1n) is 9.05. The number of hydrogen-bond donors (Lipinski definition) is 1. The first-order chi connectivity index (χ1) is 12.0. The Hall–Kier alpha value is -1.65. The average molecular weight is 360 g/mol. The van der Waals surface area contributed by atoms with Crippen LogP contribution >= 0.6 is 11.6 Å². The van der Waals surface area contributed by atoms with Crippen LogP contribution in [0, 0.1) is 19.8 Å². The van der Waals surface area contributed by atoms with Gasteiger partial charge in [-0.05, 0) is 57.0 Å². The van der Waals surface area contributed by atoms with E-state index in [-0.39, 0.29) is 11.7 Å². The van der Waals surface area contributed by atoms with E-state index in [0.29, 0.717) is 5.02 Å². The number of Topliss-reactive ketones (excluding diaryl/α,β-unsaturated/α-hetero) is 1. The molecular weight excluding hydrogens is 334 g/mol. The summed E-state index contributed by atoms with van der Waals surface area (Å²) in [6.07, 6.45) is 2.92. The topological polar surface area (TPSA) is 49.0 Å². The fraction of sp³-hybridized carbons (Fsp3) is 0.500. The number of halogens is 1. The number of piperidine rings is 1. The van der Waals surface area contributed by atoms with Crippen molar-refractivity contribution in [2.75, 3.05) is 13.1 Å².